The van der Waals surface area contributed by atoms with Gasteiger partial charge >= 0.3 is 0 Å². The number of carbonyl (C=O) groups excluding carboxylic acids is 2. The van der Waals surface area contributed by atoms with Crippen molar-refractivity contribution < 1.29 is 9.59 Å². The Morgan fingerprint density at radius 1 is 1.00 bits per heavy atom. The van der Waals surface area contributed by atoms with E-state index in [2.05, 4.69) is 26.1 Å². The highest BCUT2D eigenvalue weighted by Gasteiger charge is 2.19. The molecular weight excluding hydrogens is 378 g/mol. The topological polar surface area (TPSA) is 71.4 Å². The molecule has 1 N–H and O–H groups in total. The summed E-state index contributed by atoms with van der Waals surface area (Å²) in [6.07, 6.45) is 3.23. The standard InChI is InChI=1S/C24H33N3O3/c1-7-13-27(14-8-2)22(29)18-15-20(23(30)26(6)16-18)25-21(28)17-9-11-19(12-10-17)24(3,4)5/h9-12,15-16H,7-8,13-14H2,1-6H3,(H,25,28). The van der Waals surface area contributed by atoms with Gasteiger partial charge in [-0.15, -0.1) is 0 Å². The molecule has 0 unspecified atom stereocenters. The molecular formula is C24H33N3O3. The monoisotopic (exact) mass is 411 g/mol. The predicted molar refractivity (Wildman–Crippen MR) is 121 cm³/mol. The summed E-state index contributed by atoms with van der Waals surface area (Å²) in [5.74, 6) is -0.518. The Morgan fingerprint density at radius 2 is 1.57 bits per heavy atom. The zero-order valence-electron chi connectivity index (χ0n) is 18.9. The lowest BCUT2D eigenvalue weighted by Crippen LogP contribution is -2.34. The number of carbonyl (C=O) groups is 2. The Kier molecular flexibility index (Phi) is 7.59. The van der Waals surface area contributed by atoms with E-state index >= 15 is 0 Å². The number of hydrogen-bond acceptors (Lipinski definition) is 3. The molecule has 1 heterocycles. The van der Waals surface area contributed by atoms with Gasteiger partial charge in [0, 0.05) is 31.9 Å². The molecule has 2 amide bonds. The lowest BCUT2D eigenvalue weighted by Gasteiger charge is -2.22. The number of benzene rings is 1. The molecule has 0 radical (unpaired) electrons. The quantitative estimate of drug-likeness (QED) is 0.742. The van der Waals surface area contributed by atoms with Crippen LogP contribution in [0.3, 0.4) is 0 Å². The number of anilines is 1. The molecule has 6 nitrogen and oxygen atoms in total. The molecule has 0 spiro atoms. The molecule has 0 aliphatic heterocycles. The maximum absolute atomic E-state index is 12.9. The van der Waals surface area contributed by atoms with Gasteiger partial charge in [-0.3, -0.25) is 14.4 Å². The van der Waals surface area contributed by atoms with Crippen LogP contribution in [-0.2, 0) is 12.5 Å². The molecule has 0 aliphatic carbocycles. The molecule has 2 rings (SSSR count). The zero-order chi connectivity index (χ0) is 22.5. The van der Waals surface area contributed by atoms with Crippen molar-refractivity contribution in [3.63, 3.8) is 0 Å². The second-order valence-corrected chi connectivity index (χ2v) is 8.63. The van der Waals surface area contributed by atoms with Crippen LogP contribution < -0.4 is 10.9 Å². The summed E-state index contributed by atoms with van der Waals surface area (Å²) in [6.45, 7) is 11.7. The van der Waals surface area contributed by atoms with Crippen LogP contribution in [0.5, 0.6) is 0 Å². The first kappa shape index (κ1) is 23.4. The summed E-state index contributed by atoms with van der Waals surface area (Å²) >= 11 is 0. The first-order chi connectivity index (χ1) is 14.1. The third-order valence-electron chi connectivity index (χ3n) is 4.97. The van der Waals surface area contributed by atoms with Crippen molar-refractivity contribution in [1.82, 2.24) is 9.47 Å². The van der Waals surface area contributed by atoms with Crippen molar-refractivity contribution in [3.05, 3.63) is 63.6 Å². The van der Waals surface area contributed by atoms with Gasteiger partial charge in [0.25, 0.3) is 17.4 Å². The molecule has 0 atom stereocenters. The lowest BCUT2D eigenvalue weighted by atomic mass is 9.87. The smallest absolute Gasteiger partial charge is 0.274 e. The molecule has 162 valence electrons. The molecule has 0 aliphatic rings. The lowest BCUT2D eigenvalue weighted by molar-refractivity contribution is 0.0754. The van der Waals surface area contributed by atoms with Crippen LogP contribution in [0, 0.1) is 0 Å². The highest BCUT2D eigenvalue weighted by Crippen LogP contribution is 2.22. The summed E-state index contributed by atoms with van der Waals surface area (Å²) in [5, 5.41) is 2.68. The third kappa shape index (κ3) is 5.59. The largest absolute Gasteiger partial charge is 0.339 e. The zero-order valence-corrected chi connectivity index (χ0v) is 18.9. The van der Waals surface area contributed by atoms with Gasteiger partial charge in [0.15, 0.2) is 0 Å². The molecule has 2 aromatic rings. The van der Waals surface area contributed by atoms with Crippen molar-refractivity contribution in [3.8, 4) is 0 Å². The highest BCUT2D eigenvalue weighted by molar-refractivity contribution is 6.05. The van der Waals surface area contributed by atoms with Crippen LogP contribution >= 0.6 is 0 Å². The number of nitrogens with one attached hydrogen (secondary N) is 1. The van der Waals surface area contributed by atoms with Crippen LogP contribution in [0.4, 0.5) is 5.69 Å². The number of amides is 2. The van der Waals surface area contributed by atoms with E-state index in [1.807, 2.05) is 26.0 Å². The molecule has 0 fully saturated rings. The van der Waals surface area contributed by atoms with E-state index in [1.165, 1.54) is 16.8 Å². The van der Waals surface area contributed by atoms with Crippen molar-refractivity contribution in [2.75, 3.05) is 18.4 Å². The van der Waals surface area contributed by atoms with Crippen LogP contribution in [0.25, 0.3) is 0 Å². The van der Waals surface area contributed by atoms with Crippen LogP contribution in [0.2, 0.25) is 0 Å². The van der Waals surface area contributed by atoms with Gasteiger partial charge < -0.3 is 14.8 Å². The number of aromatic nitrogens is 1. The Balaban J connectivity index is 2.30. The fraction of sp³-hybridized carbons (Fsp3) is 0.458. The summed E-state index contributed by atoms with van der Waals surface area (Å²) in [6, 6.07) is 8.81. The average Bonchev–Trinajstić information content (AvgIpc) is 2.70. The van der Waals surface area contributed by atoms with E-state index in [0.29, 0.717) is 24.2 Å². The number of pyridine rings is 1. The molecule has 1 aromatic carbocycles. The molecule has 6 heteroatoms. The minimum atomic E-state index is -0.379. The number of hydrogen-bond donors (Lipinski definition) is 1. The van der Waals surface area contributed by atoms with Crippen LogP contribution in [0.15, 0.2) is 41.3 Å². The van der Waals surface area contributed by atoms with E-state index in [9.17, 15) is 14.4 Å². The Morgan fingerprint density at radius 3 is 2.07 bits per heavy atom. The second kappa shape index (κ2) is 9.74. The van der Waals surface area contributed by atoms with Gasteiger partial charge in [0.2, 0.25) is 0 Å². The van der Waals surface area contributed by atoms with Gasteiger partial charge in [-0.25, -0.2) is 0 Å². The fourth-order valence-electron chi connectivity index (χ4n) is 3.27. The minimum Gasteiger partial charge on any atom is -0.339 e. The number of nitrogens with zero attached hydrogens (tertiary/aromatic N) is 2. The Bertz CT molecular complexity index is 947. The van der Waals surface area contributed by atoms with Gasteiger partial charge in [-0.1, -0.05) is 46.8 Å². The number of aryl methyl sites for hydroxylation is 1. The summed E-state index contributed by atoms with van der Waals surface area (Å²) in [4.78, 5) is 39.9. The fourth-order valence-corrected chi connectivity index (χ4v) is 3.27. The maximum atomic E-state index is 12.9. The van der Waals surface area contributed by atoms with Gasteiger partial charge in [0.05, 0.1) is 5.56 Å². The molecule has 0 saturated carbocycles. The summed E-state index contributed by atoms with van der Waals surface area (Å²) < 4.78 is 1.33. The van der Waals surface area contributed by atoms with E-state index in [4.69, 9.17) is 0 Å². The normalized spacial score (nSPS) is 11.3. The molecule has 0 saturated heterocycles. The van der Waals surface area contributed by atoms with E-state index in [1.54, 1.807) is 24.1 Å². The SMILES string of the molecule is CCCN(CCC)C(=O)c1cc(NC(=O)c2ccc(C(C)(C)C)cc2)c(=O)n(C)c1. The maximum Gasteiger partial charge on any atom is 0.274 e. The Labute approximate surface area is 178 Å². The van der Waals surface area contributed by atoms with Crippen LogP contribution in [-0.4, -0.2) is 34.4 Å². The van der Waals surface area contributed by atoms with Crippen molar-refractivity contribution in [1.29, 1.82) is 0 Å². The van der Waals surface area contributed by atoms with Gasteiger partial charge in [-0.2, -0.15) is 0 Å². The van der Waals surface area contributed by atoms with E-state index < -0.39 is 0 Å². The second-order valence-electron chi connectivity index (χ2n) is 8.63. The summed E-state index contributed by atoms with van der Waals surface area (Å²) in [5.41, 5.74) is 1.69. The molecule has 30 heavy (non-hydrogen) atoms. The number of rotatable bonds is 7. The third-order valence-corrected chi connectivity index (χ3v) is 4.97. The van der Waals surface area contributed by atoms with Crippen LogP contribution in [0.1, 0.15) is 73.7 Å². The average molecular weight is 412 g/mol. The molecule has 0 bridgehead atoms. The highest BCUT2D eigenvalue weighted by atomic mass is 16.2. The van der Waals surface area contributed by atoms with E-state index in [-0.39, 0.29) is 28.5 Å². The first-order valence-corrected chi connectivity index (χ1v) is 10.5. The van der Waals surface area contributed by atoms with Gasteiger partial charge in [-0.05, 0) is 42.0 Å². The van der Waals surface area contributed by atoms with Crippen molar-refractivity contribution >= 4 is 17.5 Å². The van der Waals surface area contributed by atoms with E-state index in [0.717, 1.165) is 18.4 Å². The molecule has 1 aromatic heterocycles. The van der Waals surface area contributed by atoms with Crippen molar-refractivity contribution in [2.24, 2.45) is 7.05 Å². The minimum absolute atomic E-state index is 0.0114. The van der Waals surface area contributed by atoms with Gasteiger partial charge in [0.1, 0.15) is 5.69 Å². The predicted octanol–water partition coefficient (Wildman–Crippen LogP) is 4.20. The Hall–Kier alpha value is -2.89. The first-order valence-electron chi connectivity index (χ1n) is 10.5. The van der Waals surface area contributed by atoms with Crippen molar-refractivity contribution in [2.45, 2.75) is 52.9 Å². The summed E-state index contributed by atoms with van der Waals surface area (Å²) in [7, 11) is 1.58.